The van der Waals surface area contributed by atoms with E-state index >= 15 is 0 Å². The van der Waals surface area contributed by atoms with E-state index in [-0.39, 0.29) is 18.4 Å². The lowest BCUT2D eigenvalue weighted by Gasteiger charge is -2.23. The number of carbonyl (C=O) groups is 2. The molecule has 1 saturated heterocycles. The Bertz CT molecular complexity index is 294. The molecule has 1 aliphatic rings. The van der Waals surface area contributed by atoms with Gasteiger partial charge in [-0.3, -0.25) is 14.5 Å². The van der Waals surface area contributed by atoms with Crippen molar-refractivity contribution < 1.29 is 14.7 Å². The largest absolute Gasteiger partial charge is 0.481 e. The SMILES string of the molecule is CCCCCC(=O)NCCN1CCC[C@H]1CC(=O)O. The van der Waals surface area contributed by atoms with Crippen LogP contribution in [0.2, 0.25) is 0 Å². The molecule has 5 nitrogen and oxygen atoms in total. The Hall–Kier alpha value is -1.10. The van der Waals surface area contributed by atoms with Crippen molar-refractivity contribution in [1.82, 2.24) is 10.2 Å². The van der Waals surface area contributed by atoms with Gasteiger partial charge in [0.15, 0.2) is 0 Å². The maximum Gasteiger partial charge on any atom is 0.304 e. The maximum absolute atomic E-state index is 11.5. The summed E-state index contributed by atoms with van der Waals surface area (Å²) in [6.07, 6.45) is 6.00. The van der Waals surface area contributed by atoms with Gasteiger partial charge < -0.3 is 10.4 Å². The lowest BCUT2D eigenvalue weighted by Crippen LogP contribution is -2.38. The zero-order valence-electron chi connectivity index (χ0n) is 11.9. The number of amides is 1. The maximum atomic E-state index is 11.5. The third kappa shape index (κ3) is 6.57. The van der Waals surface area contributed by atoms with Gasteiger partial charge in [-0.05, 0) is 25.8 Å². The third-order valence-electron chi connectivity index (χ3n) is 3.64. The lowest BCUT2D eigenvalue weighted by atomic mass is 10.1. The number of nitrogens with zero attached hydrogens (tertiary/aromatic N) is 1. The van der Waals surface area contributed by atoms with Crippen molar-refractivity contribution in [1.29, 1.82) is 0 Å². The topological polar surface area (TPSA) is 69.6 Å². The van der Waals surface area contributed by atoms with Gasteiger partial charge in [0.25, 0.3) is 0 Å². The van der Waals surface area contributed by atoms with E-state index in [0.717, 1.165) is 45.2 Å². The number of rotatable bonds is 9. The van der Waals surface area contributed by atoms with Gasteiger partial charge in [-0.25, -0.2) is 0 Å². The van der Waals surface area contributed by atoms with Gasteiger partial charge in [0.05, 0.1) is 6.42 Å². The summed E-state index contributed by atoms with van der Waals surface area (Å²) in [4.78, 5) is 24.4. The molecular formula is C14H26N2O3. The molecule has 0 radical (unpaired) electrons. The standard InChI is InChI=1S/C14H26N2O3/c1-2-3-4-7-13(17)15-8-10-16-9-5-6-12(16)11-14(18)19/h12H,2-11H2,1H3,(H,15,17)(H,18,19)/t12-/m0/s1. The fourth-order valence-electron chi connectivity index (χ4n) is 2.59. The van der Waals surface area contributed by atoms with Crippen LogP contribution in [0.5, 0.6) is 0 Å². The number of carboxylic acids is 1. The van der Waals surface area contributed by atoms with Crippen LogP contribution in [0.15, 0.2) is 0 Å². The lowest BCUT2D eigenvalue weighted by molar-refractivity contribution is -0.138. The Morgan fingerprint density at radius 1 is 1.37 bits per heavy atom. The smallest absolute Gasteiger partial charge is 0.304 e. The van der Waals surface area contributed by atoms with Gasteiger partial charge in [0.1, 0.15) is 0 Å². The van der Waals surface area contributed by atoms with Crippen LogP contribution in [0.4, 0.5) is 0 Å². The highest BCUT2D eigenvalue weighted by molar-refractivity contribution is 5.75. The van der Waals surface area contributed by atoms with Gasteiger partial charge in [-0.2, -0.15) is 0 Å². The van der Waals surface area contributed by atoms with Crippen LogP contribution in [-0.2, 0) is 9.59 Å². The molecular weight excluding hydrogens is 244 g/mol. The number of likely N-dealkylation sites (tertiary alicyclic amines) is 1. The van der Waals surface area contributed by atoms with Gasteiger partial charge in [0.2, 0.25) is 5.91 Å². The summed E-state index contributed by atoms with van der Waals surface area (Å²) in [7, 11) is 0. The fourth-order valence-corrected chi connectivity index (χ4v) is 2.59. The van der Waals surface area contributed by atoms with Crippen molar-refractivity contribution in [2.75, 3.05) is 19.6 Å². The van der Waals surface area contributed by atoms with Gasteiger partial charge in [0, 0.05) is 25.6 Å². The number of carbonyl (C=O) groups excluding carboxylic acids is 1. The first-order valence-electron chi connectivity index (χ1n) is 7.36. The van der Waals surface area contributed by atoms with E-state index in [2.05, 4.69) is 17.1 Å². The molecule has 0 aromatic carbocycles. The van der Waals surface area contributed by atoms with Gasteiger partial charge in [-0.15, -0.1) is 0 Å². The quantitative estimate of drug-likeness (QED) is 0.625. The molecule has 5 heteroatoms. The zero-order chi connectivity index (χ0) is 14.1. The van der Waals surface area contributed by atoms with E-state index in [9.17, 15) is 9.59 Å². The van der Waals surface area contributed by atoms with Crippen molar-refractivity contribution in [3.8, 4) is 0 Å². The molecule has 0 unspecified atom stereocenters. The van der Waals surface area contributed by atoms with E-state index in [1.54, 1.807) is 0 Å². The van der Waals surface area contributed by atoms with Crippen molar-refractivity contribution in [3.63, 3.8) is 0 Å². The van der Waals surface area contributed by atoms with Crippen LogP contribution < -0.4 is 5.32 Å². The van der Waals surface area contributed by atoms with Crippen molar-refractivity contribution in [2.24, 2.45) is 0 Å². The van der Waals surface area contributed by atoms with Crippen LogP contribution in [0, 0.1) is 0 Å². The molecule has 0 spiro atoms. The molecule has 0 aliphatic carbocycles. The van der Waals surface area contributed by atoms with Crippen molar-refractivity contribution in [2.45, 2.75) is 57.9 Å². The molecule has 1 heterocycles. The minimum Gasteiger partial charge on any atom is -0.481 e. The first kappa shape index (κ1) is 16.0. The number of nitrogens with one attached hydrogen (secondary N) is 1. The van der Waals surface area contributed by atoms with E-state index in [4.69, 9.17) is 5.11 Å². The van der Waals surface area contributed by atoms with Crippen LogP contribution in [-0.4, -0.2) is 47.6 Å². The Balaban J connectivity index is 2.14. The van der Waals surface area contributed by atoms with Crippen LogP contribution in [0.1, 0.15) is 51.9 Å². The Labute approximate surface area is 115 Å². The summed E-state index contributed by atoms with van der Waals surface area (Å²) in [5.41, 5.74) is 0. The van der Waals surface area contributed by atoms with E-state index < -0.39 is 5.97 Å². The minimum atomic E-state index is -0.736. The average Bonchev–Trinajstić information content (AvgIpc) is 2.76. The summed E-state index contributed by atoms with van der Waals surface area (Å²) < 4.78 is 0. The second kappa shape index (κ2) is 8.91. The number of aliphatic carboxylic acids is 1. The van der Waals surface area contributed by atoms with E-state index in [0.29, 0.717) is 13.0 Å². The molecule has 0 aromatic heterocycles. The van der Waals surface area contributed by atoms with E-state index in [1.165, 1.54) is 0 Å². The summed E-state index contributed by atoms with van der Waals surface area (Å²) >= 11 is 0. The average molecular weight is 270 g/mol. The molecule has 1 aliphatic heterocycles. The molecule has 1 amide bonds. The number of unbranched alkanes of at least 4 members (excludes halogenated alkanes) is 2. The molecule has 0 saturated carbocycles. The molecule has 1 atom stereocenters. The molecule has 1 rings (SSSR count). The van der Waals surface area contributed by atoms with Crippen molar-refractivity contribution >= 4 is 11.9 Å². The molecule has 1 fully saturated rings. The van der Waals surface area contributed by atoms with E-state index in [1.807, 2.05) is 0 Å². The highest BCUT2D eigenvalue weighted by atomic mass is 16.4. The zero-order valence-corrected chi connectivity index (χ0v) is 11.9. The molecule has 0 aromatic rings. The Morgan fingerprint density at radius 3 is 2.84 bits per heavy atom. The van der Waals surface area contributed by atoms with Gasteiger partial charge >= 0.3 is 5.97 Å². The Kier molecular flexibility index (Phi) is 7.48. The monoisotopic (exact) mass is 270 g/mol. The second-order valence-electron chi connectivity index (χ2n) is 5.24. The first-order valence-corrected chi connectivity index (χ1v) is 7.36. The third-order valence-corrected chi connectivity index (χ3v) is 3.64. The highest BCUT2D eigenvalue weighted by Gasteiger charge is 2.25. The second-order valence-corrected chi connectivity index (χ2v) is 5.24. The van der Waals surface area contributed by atoms with Crippen LogP contribution >= 0.6 is 0 Å². The molecule has 110 valence electrons. The minimum absolute atomic E-state index is 0.113. The summed E-state index contributed by atoms with van der Waals surface area (Å²) in [6, 6.07) is 0.148. The van der Waals surface area contributed by atoms with Crippen LogP contribution in [0.3, 0.4) is 0 Å². The number of carboxylic acid groups (broad SMARTS) is 1. The number of hydrogen-bond acceptors (Lipinski definition) is 3. The van der Waals surface area contributed by atoms with Crippen LogP contribution in [0.25, 0.3) is 0 Å². The highest BCUT2D eigenvalue weighted by Crippen LogP contribution is 2.19. The summed E-state index contributed by atoms with van der Waals surface area (Å²) in [6.45, 7) is 4.45. The Morgan fingerprint density at radius 2 is 2.16 bits per heavy atom. The predicted molar refractivity (Wildman–Crippen MR) is 74.0 cm³/mol. The normalized spacial score (nSPS) is 19.5. The molecule has 2 N–H and O–H groups in total. The first-order chi connectivity index (χ1) is 9.13. The van der Waals surface area contributed by atoms with Crippen molar-refractivity contribution in [3.05, 3.63) is 0 Å². The molecule has 19 heavy (non-hydrogen) atoms. The van der Waals surface area contributed by atoms with Gasteiger partial charge in [-0.1, -0.05) is 19.8 Å². The summed E-state index contributed by atoms with van der Waals surface area (Å²) in [5, 5.41) is 11.7. The fraction of sp³-hybridized carbons (Fsp3) is 0.857. The number of hydrogen-bond donors (Lipinski definition) is 2. The molecule has 0 bridgehead atoms. The predicted octanol–water partition coefficient (Wildman–Crippen LogP) is 1.62. The summed E-state index contributed by atoms with van der Waals surface area (Å²) in [5.74, 6) is -0.622.